The number of aromatic nitrogens is 1. The fourth-order valence-electron chi connectivity index (χ4n) is 3.42. The van der Waals surface area contributed by atoms with Crippen LogP contribution in [0.4, 0.5) is 0 Å². The topological polar surface area (TPSA) is 71.2 Å². The molecule has 3 rings (SSSR count). The van der Waals surface area contributed by atoms with Gasteiger partial charge >= 0.3 is 0 Å². The predicted octanol–water partition coefficient (Wildman–Crippen LogP) is 3.36. The quantitative estimate of drug-likeness (QED) is 0.877. The maximum Gasteiger partial charge on any atom is 0.256 e. The third-order valence-electron chi connectivity index (χ3n) is 4.86. The minimum Gasteiger partial charge on any atom is -0.496 e. The van der Waals surface area contributed by atoms with Gasteiger partial charge < -0.3 is 15.0 Å². The first-order valence-corrected chi connectivity index (χ1v) is 8.81. The van der Waals surface area contributed by atoms with Gasteiger partial charge in [0.05, 0.1) is 12.7 Å². The molecule has 0 bridgehead atoms. The summed E-state index contributed by atoms with van der Waals surface area (Å²) in [7, 11) is 1.44. The third kappa shape index (κ3) is 4.29. The molecule has 2 aromatic rings. The molecule has 1 aliphatic rings. The standard InChI is InChI=1S/C20H24N2O3/c1-25-18-11-19(23)21-13-17(18)20(24)22-12-14-7-9-16(10-8-14)15-5-3-2-4-6-15/h7-11,13,15H,2-6,12H2,1H3,(H,21,23)(H,22,24). The van der Waals surface area contributed by atoms with Gasteiger partial charge in [0.15, 0.2) is 0 Å². The molecule has 1 fully saturated rings. The number of rotatable bonds is 5. The van der Waals surface area contributed by atoms with E-state index in [0.717, 1.165) is 5.56 Å². The van der Waals surface area contributed by atoms with Crippen LogP contribution in [0.15, 0.2) is 41.3 Å². The number of hydrogen-bond acceptors (Lipinski definition) is 3. The van der Waals surface area contributed by atoms with E-state index < -0.39 is 0 Å². The van der Waals surface area contributed by atoms with E-state index in [9.17, 15) is 9.59 Å². The highest BCUT2D eigenvalue weighted by atomic mass is 16.5. The Hall–Kier alpha value is -2.56. The van der Waals surface area contributed by atoms with E-state index in [1.54, 1.807) is 0 Å². The van der Waals surface area contributed by atoms with Gasteiger partial charge in [0.2, 0.25) is 0 Å². The summed E-state index contributed by atoms with van der Waals surface area (Å²) in [4.78, 5) is 26.1. The van der Waals surface area contributed by atoms with Crippen molar-refractivity contribution in [3.05, 3.63) is 63.6 Å². The summed E-state index contributed by atoms with van der Waals surface area (Å²) in [5.74, 6) is 0.682. The smallest absolute Gasteiger partial charge is 0.256 e. The number of nitrogens with one attached hydrogen (secondary N) is 2. The Labute approximate surface area is 147 Å². The van der Waals surface area contributed by atoms with Gasteiger partial charge in [-0.25, -0.2) is 0 Å². The zero-order valence-corrected chi connectivity index (χ0v) is 14.5. The molecule has 1 aromatic heterocycles. The van der Waals surface area contributed by atoms with E-state index in [0.29, 0.717) is 18.0 Å². The van der Waals surface area contributed by atoms with E-state index >= 15 is 0 Å². The molecule has 1 heterocycles. The van der Waals surface area contributed by atoms with E-state index in [2.05, 4.69) is 34.6 Å². The van der Waals surface area contributed by atoms with E-state index in [1.807, 2.05) is 0 Å². The van der Waals surface area contributed by atoms with Crippen molar-refractivity contribution < 1.29 is 9.53 Å². The first-order chi connectivity index (χ1) is 12.2. The number of amides is 1. The summed E-state index contributed by atoms with van der Waals surface area (Å²) in [6.07, 6.45) is 7.94. The van der Waals surface area contributed by atoms with Crippen LogP contribution in [0.3, 0.4) is 0 Å². The van der Waals surface area contributed by atoms with Crippen LogP contribution in [-0.4, -0.2) is 18.0 Å². The van der Waals surface area contributed by atoms with Gasteiger partial charge in [-0.3, -0.25) is 9.59 Å². The molecule has 1 saturated carbocycles. The Balaban J connectivity index is 1.61. The molecule has 132 valence electrons. The lowest BCUT2D eigenvalue weighted by atomic mass is 9.84. The molecule has 25 heavy (non-hydrogen) atoms. The summed E-state index contributed by atoms with van der Waals surface area (Å²) >= 11 is 0. The number of benzene rings is 1. The summed E-state index contributed by atoms with van der Waals surface area (Å²) < 4.78 is 5.10. The number of ether oxygens (including phenoxy) is 1. The Morgan fingerprint density at radius 1 is 1.20 bits per heavy atom. The lowest BCUT2D eigenvalue weighted by molar-refractivity contribution is 0.0947. The lowest BCUT2D eigenvalue weighted by Crippen LogP contribution is -2.24. The SMILES string of the molecule is COc1cc(=O)[nH]cc1C(=O)NCc1ccc(C2CCCCC2)cc1. The van der Waals surface area contributed by atoms with Gasteiger partial charge in [-0.2, -0.15) is 0 Å². The molecule has 1 aliphatic carbocycles. The van der Waals surface area contributed by atoms with Crippen molar-refractivity contribution >= 4 is 5.91 Å². The molecule has 2 N–H and O–H groups in total. The second kappa shape index (κ2) is 8.01. The number of methoxy groups -OCH3 is 1. The van der Waals surface area contributed by atoms with Crippen molar-refractivity contribution in [2.24, 2.45) is 0 Å². The maximum atomic E-state index is 12.3. The van der Waals surface area contributed by atoms with E-state index in [-0.39, 0.29) is 17.2 Å². The maximum absolute atomic E-state index is 12.3. The van der Waals surface area contributed by atoms with Crippen molar-refractivity contribution in [1.29, 1.82) is 0 Å². The molecular weight excluding hydrogens is 316 g/mol. The number of carbonyl (C=O) groups excluding carboxylic acids is 1. The molecule has 0 atom stereocenters. The summed E-state index contributed by atoms with van der Waals surface area (Å²) in [5, 5.41) is 2.87. The molecule has 0 aliphatic heterocycles. The van der Waals surface area contributed by atoms with Crippen LogP contribution >= 0.6 is 0 Å². The molecule has 5 nitrogen and oxygen atoms in total. The van der Waals surface area contributed by atoms with Gasteiger partial charge in [-0.1, -0.05) is 43.5 Å². The highest BCUT2D eigenvalue weighted by Gasteiger charge is 2.15. The van der Waals surface area contributed by atoms with Crippen molar-refractivity contribution in [3.63, 3.8) is 0 Å². The molecule has 0 spiro atoms. The number of hydrogen-bond donors (Lipinski definition) is 2. The Bertz CT molecular complexity index is 774. The molecular formula is C20H24N2O3. The van der Waals surface area contributed by atoms with E-state index in [4.69, 9.17) is 4.74 Å². The molecule has 0 saturated heterocycles. The molecule has 5 heteroatoms. The van der Waals surface area contributed by atoms with Gasteiger partial charge in [0.25, 0.3) is 11.5 Å². The third-order valence-corrected chi connectivity index (χ3v) is 4.86. The van der Waals surface area contributed by atoms with Gasteiger partial charge in [-0.15, -0.1) is 0 Å². The van der Waals surface area contributed by atoms with Gasteiger partial charge in [-0.05, 0) is 29.9 Å². The van der Waals surface area contributed by atoms with Crippen molar-refractivity contribution in [1.82, 2.24) is 10.3 Å². The van der Waals surface area contributed by atoms with Crippen LogP contribution in [0.25, 0.3) is 0 Å². The normalized spacial score (nSPS) is 14.9. The van der Waals surface area contributed by atoms with Crippen LogP contribution < -0.4 is 15.6 Å². The van der Waals surface area contributed by atoms with Crippen LogP contribution in [0, 0.1) is 0 Å². The van der Waals surface area contributed by atoms with Crippen molar-refractivity contribution in [2.45, 2.75) is 44.6 Å². The number of aromatic amines is 1. The summed E-state index contributed by atoms with van der Waals surface area (Å²) in [5.41, 5.74) is 2.47. The fraction of sp³-hybridized carbons (Fsp3) is 0.400. The summed E-state index contributed by atoms with van der Waals surface area (Å²) in [6, 6.07) is 9.78. The average molecular weight is 340 g/mol. The van der Waals surface area contributed by atoms with E-state index in [1.165, 1.54) is 57.0 Å². The van der Waals surface area contributed by atoms with Crippen LogP contribution in [-0.2, 0) is 6.54 Å². The average Bonchev–Trinajstić information content (AvgIpc) is 2.67. The van der Waals surface area contributed by atoms with Crippen LogP contribution in [0.1, 0.15) is 59.5 Å². The zero-order valence-electron chi connectivity index (χ0n) is 14.5. The second-order valence-corrected chi connectivity index (χ2v) is 6.54. The highest BCUT2D eigenvalue weighted by Crippen LogP contribution is 2.32. The summed E-state index contributed by atoms with van der Waals surface area (Å²) in [6.45, 7) is 0.437. The zero-order chi connectivity index (χ0) is 17.6. The highest BCUT2D eigenvalue weighted by molar-refractivity contribution is 5.96. The Morgan fingerprint density at radius 3 is 2.60 bits per heavy atom. The molecule has 1 aromatic carbocycles. The Morgan fingerprint density at radius 2 is 1.92 bits per heavy atom. The first-order valence-electron chi connectivity index (χ1n) is 8.81. The van der Waals surface area contributed by atoms with Gasteiger partial charge in [0, 0.05) is 18.8 Å². The lowest BCUT2D eigenvalue weighted by Gasteiger charge is -2.22. The number of pyridine rings is 1. The van der Waals surface area contributed by atoms with Crippen LogP contribution in [0.2, 0.25) is 0 Å². The second-order valence-electron chi connectivity index (χ2n) is 6.54. The molecule has 0 radical (unpaired) electrons. The van der Waals surface area contributed by atoms with Crippen molar-refractivity contribution in [2.75, 3.05) is 7.11 Å². The largest absolute Gasteiger partial charge is 0.496 e. The van der Waals surface area contributed by atoms with Crippen LogP contribution in [0.5, 0.6) is 5.75 Å². The first kappa shape index (κ1) is 17.3. The fourth-order valence-corrected chi connectivity index (χ4v) is 3.42. The monoisotopic (exact) mass is 340 g/mol. The molecule has 1 amide bonds. The van der Waals surface area contributed by atoms with Crippen molar-refractivity contribution in [3.8, 4) is 5.75 Å². The Kier molecular flexibility index (Phi) is 5.53. The number of carbonyl (C=O) groups is 1. The van der Waals surface area contributed by atoms with Gasteiger partial charge in [0.1, 0.15) is 5.75 Å². The molecule has 0 unspecified atom stereocenters. The minimum absolute atomic E-state index is 0.272. The number of H-pyrrole nitrogens is 1. The predicted molar refractivity (Wildman–Crippen MR) is 97.1 cm³/mol. The minimum atomic E-state index is -0.299.